The molecular formula is C12H12ClN3S. The van der Waals surface area contributed by atoms with Crippen molar-refractivity contribution in [2.24, 2.45) is 0 Å². The Morgan fingerprint density at radius 3 is 2.41 bits per heavy atom. The molecule has 0 saturated carbocycles. The molecule has 0 fully saturated rings. The van der Waals surface area contributed by atoms with E-state index in [1.54, 1.807) is 0 Å². The number of anilines is 1. The lowest BCUT2D eigenvalue weighted by atomic mass is 10.2. The zero-order chi connectivity index (χ0) is 12.4. The molecule has 88 valence electrons. The number of halogens is 1. The smallest absolute Gasteiger partial charge is 0.223 e. The molecule has 1 aromatic carbocycles. The van der Waals surface area contributed by atoms with E-state index < -0.39 is 0 Å². The van der Waals surface area contributed by atoms with Gasteiger partial charge in [0.2, 0.25) is 5.28 Å². The Morgan fingerprint density at radius 1 is 1.12 bits per heavy atom. The summed E-state index contributed by atoms with van der Waals surface area (Å²) in [7, 11) is 0. The maximum atomic E-state index is 5.92. The van der Waals surface area contributed by atoms with E-state index in [4.69, 9.17) is 17.3 Å². The highest BCUT2D eigenvalue weighted by molar-refractivity contribution is 7.99. The first-order valence-electron chi connectivity index (χ1n) is 5.10. The van der Waals surface area contributed by atoms with Gasteiger partial charge < -0.3 is 5.73 Å². The van der Waals surface area contributed by atoms with Crippen molar-refractivity contribution in [1.82, 2.24) is 9.97 Å². The molecule has 0 aliphatic heterocycles. The maximum Gasteiger partial charge on any atom is 0.223 e. The molecule has 0 aliphatic rings. The monoisotopic (exact) mass is 265 g/mol. The molecule has 5 heteroatoms. The lowest BCUT2D eigenvalue weighted by molar-refractivity contribution is 1.02. The summed E-state index contributed by atoms with van der Waals surface area (Å²) < 4.78 is 0. The molecule has 1 aromatic heterocycles. The van der Waals surface area contributed by atoms with Gasteiger partial charge in [-0.1, -0.05) is 29.5 Å². The lowest BCUT2D eigenvalue weighted by Crippen LogP contribution is -1.99. The van der Waals surface area contributed by atoms with Gasteiger partial charge in [-0.05, 0) is 37.6 Å². The van der Waals surface area contributed by atoms with Gasteiger partial charge >= 0.3 is 0 Å². The van der Waals surface area contributed by atoms with E-state index in [2.05, 4.69) is 16.9 Å². The Kier molecular flexibility index (Phi) is 3.54. The fourth-order valence-corrected chi connectivity index (χ4v) is 2.46. The average Bonchev–Trinajstić information content (AvgIpc) is 2.28. The SMILES string of the molecule is Cc1ccc(Sc2nc(Cl)nc(C)c2N)cc1. The first-order valence-corrected chi connectivity index (χ1v) is 6.30. The van der Waals surface area contributed by atoms with E-state index in [1.807, 2.05) is 31.2 Å². The number of aryl methyl sites for hydroxylation is 2. The summed E-state index contributed by atoms with van der Waals surface area (Å²) in [5.41, 5.74) is 8.44. The Labute approximate surface area is 109 Å². The predicted octanol–water partition coefficient (Wildman–Crippen LogP) is 3.48. The second kappa shape index (κ2) is 4.94. The first kappa shape index (κ1) is 12.2. The number of nitrogens with two attached hydrogens (primary N) is 1. The second-order valence-corrected chi connectivity index (χ2v) is 5.11. The lowest BCUT2D eigenvalue weighted by Gasteiger charge is -2.07. The van der Waals surface area contributed by atoms with Gasteiger partial charge in [0.15, 0.2) is 0 Å². The van der Waals surface area contributed by atoms with Gasteiger partial charge in [0.25, 0.3) is 0 Å². The molecule has 3 nitrogen and oxygen atoms in total. The van der Waals surface area contributed by atoms with Crippen LogP contribution < -0.4 is 5.73 Å². The second-order valence-electron chi connectivity index (χ2n) is 3.71. The fraction of sp³-hybridized carbons (Fsp3) is 0.167. The van der Waals surface area contributed by atoms with Crippen molar-refractivity contribution in [1.29, 1.82) is 0 Å². The Bertz CT molecular complexity index is 540. The van der Waals surface area contributed by atoms with Crippen LogP contribution in [0.5, 0.6) is 0 Å². The van der Waals surface area contributed by atoms with E-state index >= 15 is 0 Å². The molecule has 2 N–H and O–H groups in total. The third-order valence-corrected chi connectivity index (χ3v) is 3.49. The van der Waals surface area contributed by atoms with Crippen molar-refractivity contribution in [2.75, 3.05) is 5.73 Å². The first-order chi connectivity index (χ1) is 8.06. The third-order valence-electron chi connectivity index (χ3n) is 2.31. The van der Waals surface area contributed by atoms with Crippen LogP contribution in [0.3, 0.4) is 0 Å². The number of hydrogen-bond donors (Lipinski definition) is 1. The van der Waals surface area contributed by atoms with Crippen LogP contribution in [0.2, 0.25) is 5.28 Å². The summed E-state index contributed by atoms with van der Waals surface area (Å²) >= 11 is 7.31. The minimum absolute atomic E-state index is 0.228. The van der Waals surface area contributed by atoms with E-state index in [-0.39, 0.29) is 5.28 Å². The van der Waals surface area contributed by atoms with Crippen LogP contribution in [0.1, 0.15) is 11.3 Å². The highest BCUT2D eigenvalue weighted by Crippen LogP contribution is 2.32. The molecule has 0 amide bonds. The Morgan fingerprint density at radius 2 is 1.76 bits per heavy atom. The van der Waals surface area contributed by atoms with Crippen LogP contribution in [0.15, 0.2) is 34.2 Å². The zero-order valence-electron chi connectivity index (χ0n) is 9.57. The summed E-state index contributed by atoms with van der Waals surface area (Å²) in [4.78, 5) is 9.23. The van der Waals surface area contributed by atoms with Gasteiger partial charge in [-0.25, -0.2) is 9.97 Å². The van der Waals surface area contributed by atoms with Crippen molar-refractivity contribution in [3.63, 3.8) is 0 Å². The maximum absolute atomic E-state index is 5.92. The third kappa shape index (κ3) is 2.90. The summed E-state index contributed by atoms with van der Waals surface area (Å²) in [6.07, 6.45) is 0. The van der Waals surface area contributed by atoms with Gasteiger partial charge in [0.1, 0.15) is 5.03 Å². The Balaban J connectivity index is 2.32. The molecule has 0 aliphatic carbocycles. The largest absolute Gasteiger partial charge is 0.395 e. The highest BCUT2D eigenvalue weighted by Gasteiger charge is 2.09. The normalized spacial score (nSPS) is 10.5. The van der Waals surface area contributed by atoms with Crippen LogP contribution in [-0.4, -0.2) is 9.97 Å². The number of nitrogen functional groups attached to an aromatic ring is 1. The van der Waals surface area contributed by atoms with Crippen LogP contribution in [0.25, 0.3) is 0 Å². The van der Waals surface area contributed by atoms with E-state index in [9.17, 15) is 0 Å². The topological polar surface area (TPSA) is 51.8 Å². The number of nitrogens with zero attached hydrogens (tertiary/aromatic N) is 2. The molecule has 0 atom stereocenters. The van der Waals surface area contributed by atoms with Crippen molar-refractivity contribution >= 4 is 29.1 Å². The molecule has 1 heterocycles. The van der Waals surface area contributed by atoms with Gasteiger partial charge in [-0.3, -0.25) is 0 Å². The van der Waals surface area contributed by atoms with Gasteiger partial charge in [-0.2, -0.15) is 0 Å². The van der Waals surface area contributed by atoms with E-state index in [1.165, 1.54) is 17.3 Å². The van der Waals surface area contributed by atoms with Gasteiger partial charge in [0, 0.05) is 4.90 Å². The fourth-order valence-electron chi connectivity index (χ4n) is 1.32. The van der Waals surface area contributed by atoms with Crippen LogP contribution >= 0.6 is 23.4 Å². The molecule has 2 rings (SSSR count). The number of benzene rings is 1. The zero-order valence-corrected chi connectivity index (χ0v) is 11.1. The van der Waals surface area contributed by atoms with Crippen molar-refractivity contribution < 1.29 is 0 Å². The summed E-state index contributed by atoms with van der Waals surface area (Å²) in [6, 6.07) is 8.16. The molecule has 0 saturated heterocycles. The van der Waals surface area contributed by atoms with Crippen molar-refractivity contribution in [2.45, 2.75) is 23.8 Å². The Hall–Kier alpha value is -1.26. The average molecular weight is 266 g/mol. The minimum atomic E-state index is 0.228. The van der Waals surface area contributed by atoms with Crippen molar-refractivity contribution in [3.05, 3.63) is 40.8 Å². The van der Waals surface area contributed by atoms with E-state index in [0.717, 1.165) is 4.90 Å². The minimum Gasteiger partial charge on any atom is -0.395 e. The van der Waals surface area contributed by atoms with Crippen LogP contribution in [0, 0.1) is 13.8 Å². The molecule has 0 spiro atoms. The molecule has 0 bridgehead atoms. The van der Waals surface area contributed by atoms with E-state index in [0.29, 0.717) is 16.4 Å². The predicted molar refractivity (Wildman–Crippen MR) is 71.5 cm³/mol. The van der Waals surface area contributed by atoms with Gasteiger partial charge in [-0.15, -0.1) is 0 Å². The highest BCUT2D eigenvalue weighted by atomic mass is 35.5. The molecule has 0 radical (unpaired) electrons. The number of rotatable bonds is 2. The summed E-state index contributed by atoms with van der Waals surface area (Å²) in [5.74, 6) is 0. The quantitative estimate of drug-likeness (QED) is 0.667. The van der Waals surface area contributed by atoms with Gasteiger partial charge in [0.05, 0.1) is 11.4 Å². The summed E-state index contributed by atoms with van der Waals surface area (Å²) in [5, 5.41) is 0.928. The standard InChI is InChI=1S/C12H12ClN3S/c1-7-3-5-9(6-4-7)17-11-10(14)8(2)15-12(13)16-11/h3-6H,14H2,1-2H3. The van der Waals surface area contributed by atoms with Crippen molar-refractivity contribution in [3.8, 4) is 0 Å². The molecule has 17 heavy (non-hydrogen) atoms. The number of hydrogen-bond acceptors (Lipinski definition) is 4. The molecule has 2 aromatic rings. The van der Waals surface area contributed by atoms with Crippen LogP contribution in [0.4, 0.5) is 5.69 Å². The molecular weight excluding hydrogens is 254 g/mol. The summed E-state index contributed by atoms with van der Waals surface area (Å²) in [6.45, 7) is 3.87. The molecule has 0 unspecified atom stereocenters. The number of aromatic nitrogens is 2. The van der Waals surface area contributed by atoms with Crippen LogP contribution in [-0.2, 0) is 0 Å².